The zero-order valence-corrected chi connectivity index (χ0v) is 11.8. The highest BCUT2D eigenvalue weighted by Gasteiger charge is 2.33. The number of halogens is 3. The van der Waals surface area contributed by atoms with Crippen LogP contribution in [0.1, 0.15) is 16.8 Å². The first-order valence-corrected chi connectivity index (χ1v) is 6.29. The van der Waals surface area contributed by atoms with Crippen LogP contribution < -0.4 is 10.5 Å². The van der Waals surface area contributed by atoms with Gasteiger partial charge in [0.25, 0.3) is 0 Å². The molecule has 1 heterocycles. The molecule has 0 aliphatic carbocycles. The van der Waals surface area contributed by atoms with E-state index in [1.807, 2.05) is 0 Å². The molecule has 1 aromatic heterocycles. The Balaban J connectivity index is 2.26. The minimum absolute atomic E-state index is 0.158. The molecule has 0 aliphatic rings. The molecule has 0 bridgehead atoms. The van der Waals surface area contributed by atoms with Crippen LogP contribution >= 0.6 is 12.2 Å². The Morgan fingerprint density at radius 2 is 2.10 bits per heavy atom. The first-order valence-electron chi connectivity index (χ1n) is 5.88. The zero-order valence-electron chi connectivity index (χ0n) is 11.0. The lowest BCUT2D eigenvalue weighted by molar-refractivity contribution is -0.141. The average Bonchev–Trinajstić information content (AvgIpc) is 2.87. The van der Waals surface area contributed by atoms with Gasteiger partial charge in [-0.3, -0.25) is 4.68 Å². The van der Waals surface area contributed by atoms with Crippen LogP contribution in [0.4, 0.5) is 13.2 Å². The van der Waals surface area contributed by atoms with E-state index in [1.54, 1.807) is 18.2 Å². The van der Waals surface area contributed by atoms with Gasteiger partial charge in [0, 0.05) is 6.20 Å². The van der Waals surface area contributed by atoms with Gasteiger partial charge in [-0.1, -0.05) is 18.3 Å². The fraction of sp³-hybridized carbons (Fsp3) is 0.231. The molecule has 0 radical (unpaired) electrons. The van der Waals surface area contributed by atoms with Crippen molar-refractivity contribution in [2.75, 3.05) is 7.11 Å². The number of hydrogen-bond donors (Lipinski definition) is 1. The van der Waals surface area contributed by atoms with Crippen molar-refractivity contribution in [1.82, 2.24) is 9.78 Å². The van der Waals surface area contributed by atoms with Gasteiger partial charge in [-0.2, -0.15) is 18.3 Å². The maximum absolute atomic E-state index is 12.5. The molecule has 0 spiro atoms. The Kier molecular flexibility index (Phi) is 4.17. The molecule has 4 nitrogen and oxygen atoms in total. The van der Waals surface area contributed by atoms with Crippen LogP contribution in [0, 0.1) is 0 Å². The van der Waals surface area contributed by atoms with E-state index in [2.05, 4.69) is 5.10 Å². The van der Waals surface area contributed by atoms with Crippen molar-refractivity contribution >= 4 is 17.2 Å². The summed E-state index contributed by atoms with van der Waals surface area (Å²) in [6.45, 7) is 0.176. The normalized spacial score (nSPS) is 11.4. The number of aromatic nitrogens is 2. The van der Waals surface area contributed by atoms with Crippen molar-refractivity contribution in [3.63, 3.8) is 0 Å². The fourth-order valence-corrected chi connectivity index (χ4v) is 1.99. The molecule has 8 heteroatoms. The van der Waals surface area contributed by atoms with Crippen LogP contribution in [0.2, 0.25) is 0 Å². The van der Waals surface area contributed by atoms with E-state index in [4.69, 9.17) is 22.7 Å². The van der Waals surface area contributed by atoms with E-state index in [9.17, 15) is 13.2 Å². The summed E-state index contributed by atoms with van der Waals surface area (Å²) >= 11 is 4.92. The highest BCUT2D eigenvalue weighted by atomic mass is 32.1. The Bertz CT molecular complexity index is 667. The SMILES string of the molecule is COc1ccc(Cn2ccc(C(F)(F)F)n2)cc1C(N)=S. The summed E-state index contributed by atoms with van der Waals surface area (Å²) in [6.07, 6.45) is -3.18. The molecule has 0 saturated carbocycles. The van der Waals surface area contributed by atoms with E-state index in [1.165, 1.54) is 18.0 Å². The van der Waals surface area contributed by atoms with E-state index in [-0.39, 0.29) is 11.5 Å². The first-order chi connectivity index (χ1) is 9.81. The molecule has 0 aliphatic heterocycles. The van der Waals surface area contributed by atoms with Crippen LogP contribution in [0.5, 0.6) is 5.75 Å². The number of nitrogens with zero attached hydrogens (tertiary/aromatic N) is 2. The lowest BCUT2D eigenvalue weighted by Crippen LogP contribution is -2.12. The van der Waals surface area contributed by atoms with Crippen molar-refractivity contribution in [1.29, 1.82) is 0 Å². The Morgan fingerprint density at radius 3 is 2.62 bits per heavy atom. The molecule has 0 unspecified atom stereocenters. The summed E-state index contributed by atoms with van der Waals surface area (Å²) in [5.74, 6) is 0.516. The van der Waals surface area contributed by atoms with Gasteiger partial charge in [0.2, 0.25) is 0 Å². The van der Waals surface area contributed by atoms with E-state index >= 15 is 0 Å². The minimum atomic E-state index is -4.45. The largest absolute Gasteiger partial charge is 0.496 e. The average molecular weight is 315 g/mol. The lowest BCUT2D eigenvalue weighted by Gasteiger charge is -2.10. The number of hydrogen-bond acceptors (Lipinski definition) is 3. The molecule has 0 fully saturated rings. The standard InChI is InChI=1S/C13H12F3N3OS/c1-20-10-3-2-8(6-9(10)12(17)21)7-19-5-4-11(18-19)13(14,15)16/h2-6H,7H2,1H3,(H2,17,21). The molecule has 112 valence electrons. The van der Waals surface area contributed by atoms with Crippen molar-refractivity contribution < 1.29 is 17.9 Å². The number of nitrogens with two attached hydrogens (primary N) is 1. The van der Waals surface area contributed by atoms with Gasteiger partial charge in [0.05, 0.1) is 19.2 Å². The van der Waals surface area contributed by atoms with Crippen LogP contribution in [0.25, 0.3) is 0 Å². The zero-order chi connectivity index (χ0) is 15.6. The molecule has 0 atom stereocenters. The predicted octanol–water partition coefficient (Wildman–Crippen LogP) is 2.59. The molecule has 0 amide bonds. The number of benzene rings is 1. The van der Waals surface area contributed by atoms with Gasteiger partial charge in [-0.25, -0.2) is 0 Å². The molecule has 1 aromatic carbocycles. The highest BCUT2D eigenvalue weighted by molar-refractivity contribution is 7.80. The van der Waals surface area contributed by atoms with Crippen LogP contribution in [-0.4, -0.2) is 21.9 Å². The highest BCUT2D eigenvalue weighted by Crippen LogP contribution is 2.27. The fourth-order valence-electron chi connectivity index (χ4n) is 1.83. The van der Waals surface area contributed by atoms with E-state index in [0.717, 1.165) is 11.6 Å². The number of thiocarbonyl (C=S) groups is 1. The third-order valence-corrected chi connectivity index (χ3v) is 3.02. The Morgan fingerprint density at radius 1 is 1.38 bits per heavy atom. The maximum atomic E-state index is 12.5. The van der Waals surface area contributed by atoms with Gasteiger partial charge in [-0.05, 0) is 23.8 Å². The second-order valence-corrected chi connectivity index (χ2v) is 4.74. The van der Waals surface area contributed by atoms with Crippen molar-refractivity contribution in [3.05, 3.63) is 47.3 Å². The summed E-state index contributed by atoms with van der Waals surface area (Å²) < 4.78 is 43.8. The van der Waals surface area contributed by atoms with Gasteiger partial charge < -0.3 is 10.5 Å². The summed E-state index contributed by atoms with van der Waals surface area (Å²) in [5, 5.41) is 3.49. The molecular weight excluding hydrogens is 303 g/mol. The summed E-state index contributed by atoms with van der Waals surface area (Å²) in [5.41, 5.74) is 5.92. The Hall–Kier alpha value is -2.09. The number of rotatable bonds is 4. The van der Waals surface area contributed by atoms with Crippen molar-refractivity contribution in [3.8, 4) is 5.75 Å². The van der Waals surface area contributed by atoms with Gasteiger partial charge in [-0.15, -0.1) is 0 Å². The molecule has 2 N–H and O–H groups in total. The van der Waals surface area contributed by atoms with Gasteiger partial charge >= 0.3 is 6.18 Å². The summed E-state index contributed by atoms with van der Waals surface area (Å²) in [7, 11) is 1.49. The predicted molar refractivity (Wildman–Crippen MR) is 75.2 cm³/mol. The molecular formula is C13H12F3N3OS. The van der Waals surface area contributed by atoms with E-state index < -0.39 is 11.9 Å². The maximum Gasteiger partial charge on any atom is 0.435 e. The second-order valence-electron chi connectivity index (χ2n) is 4.30. The molecule has 0 saturated heterocycles. The summed E-state index contributed by atoms with van der Waals surface area (Å²) in [4.78, 5) is 0.158. The number of ether oxygens (including phenoxy) is 1. The van der Waals surface area contributed by atoms with Gasteiger partial charge in [0.1, 0.15) is 10.7 Å². The second kappa shape index (κ2) is 5.72. The topological polar surface area (TPSA) is 53.1 Å². The van der Waals surface area contributed by atoms with Crippen LogP contribution in [0.15, 0.2) is 30.5 Å². The minimum Gasteiger partial charge on any atom is -0.496 e. The third-order valence-electron chi connectivity index (χ3n) is 2.81. The van der Waals surface area contributed by atoms with Crippen molar-refractivity contribution in [2.24, 2.45) is 5.73 Å². The summed E-state index contributed by atoms with van der Waals surface area (Å²) in [6, 6.07) is 5.99. The molecule has 21 heavy (non-hydrogen) atoms. The molecule has 2 rings (SSSR count). The van der Waals surface area contributed by atoms with Gasteiger partial charge in [0.15, 0.2) is 5.69 Å². The number of alkyl halides is 3. The Labute approximate surface area is 124 Å². The lowest BCUT2D eigenvalue weighted by atomic mass is 10.1. The quantitative estimate of drug-likeness (QED) is 0.881. The van der Waals surface area contributed by atoms with Crippen LogP contribution in [-0.2, 0) is 12.7 Å². The molecule has 2 aromatic rings. The van der Waals surface area contributed by atoms with Crippen LogP contribution in [0.3, 0.4) is 0 Å². The third kappa shape index (κ3) is 3.52. The smallest absolute Gasteiger partial charge is 0.435 e. The van der Waals surface area contributed by atoms with E-state index in [0.29, 0.717) is 11.3 Å². The van der Waals surface area contributed by atoms with Crippen molar-refractivity contribution in [2.45, 2.75) is 12.7 Å². The first kappa shape index (κ1) is 15.3. The monoisotopic (exact) mass is 315 g/mol. The number of methoxy groups -OCH3 is 1.